The summed E-state index contributed by atoms with van der Waals surface area (Å²) in [5, 5.41) is 6.33. The van der Waals surface area contributed by atoms with Gasteiger partial charge in [0, 0.05) is 16.6 Å². The van der Waals surface area contributed by atoms with E-state index in [9.17, 15) is 4.79 Å². The van der Waals surface area contributed by atoms with Crippen molar-refractivity contribution in [2.24, 2.45) is 0 Å². The van der Waals surface area contributed by atoms with E-state index in [1.807, 2.05) is 37.4 Å². The number of aromatic amines is 1. The van der Waals surface area contributed by atoms with Crippen LogP contribution in [-0.2, 0) is 0 Å². The summed E-state index contributed by atoms with van der Waals surface area (Å²) < 4.78 is 0. The van der Waals surface area contributed by atoms with Gasteiger partial charge in [-0.2, -0.15) is 0 Å². The van der Waals surface area contributed by atoms with Crippen LogP contribution in [0.3, 0.4) is 0 Å². The number of nitrogens with one attached hydrogen (secondary N) is 2. The van der Waals surface area contributed by atoms with Gasteiger partial charge in [0.15, 0.2) is 10.9 Å². The summed E-state index contributed by atoms with van der Waals surface area (Å²) in [7, 11) is 0. The molecule has 5 heteroatoms. The summed E-state index contributed by atoms with van der Waals surface area (Å²) in [5.41, 5.74) is 5.65. The number of aromatic nitrogens is 2. The number of thiazole rings is 1. The molecule has 0 saturated carbocycles. The van der Waals surface area contributed by atoms with E-state index in [4.69, 9.17) is 0 Å². The van der Waals surface area contributed by atoms with Gasteiger partial charge in [-0.25, -0.2) is 4.98 Å². The Morgan fingerprint density at radius 1 is 1.25 bits per heavy atom. The van der Waals surface area contributed by atoms with Crippen molar-refractivity contribution < 1.29 is 4.79 Å². The monoisotopic (exact) mass is 339 g/mol. The molecule has 4 nitrogen and oxygen atoms in total. The summed E-state index contributed by atoms with van der Waals surface area (Å²) >= 11 is 1.57. The predicted octanol–water partition coefficient (Wildman–Crippen LogP) is 5.13. The van der Waals surface area contributed by atoms with Gasteiger partial charge in [0.2, 0.25) is 0 Å². The van der Waals surface area contributed by atoms with Gasteiger partial charge in [0.1, 0.15) is 5.69 Å². The third-order valence-corrected chi connectivity index (χ3v) is 4.96. The maximum atomic E-state index is 11.8. The van der Waals surface area contributed by atoms with Crippen molar-refractivity contribution in [1.82, 2.24) is 9.97 Å². The molecule has 0 aliphatic heterocycles. The first kappa shape index (κ1) is 16.5. The number of hydrogen-bond acceptors (Lipinski definition) is 4. The zero-order valence-corrected chi connectivity index (χ0v) is 15.1. The number of nitrogens with zero attached hydrogens (tertiary/aromatic N) is 1. The highest BCUT2D eigenvalue weighted by molar-refractivity contribution is 7.14. The van der Waals surface area contributed by atoms with Crippen LogP contribution in [0.25, 0.3) is 11.4 Å². The maximum absolute atomic E-state index is 11.8. The van der Waals surface area contributed by atoms with Gasteiger partial charge in [0.25, 0.3) is 0 Å². The number of aryl methyl sites for hydroxylation is 1. The average Bonchev–Trinajstić information content (AvgIpc) is 3.12. The first-order valence-electron chi connectivity index (χ1n) is 7.95. The Bertz CT molecular complexity index is 864. The Balaban J connectivity index is 1.84. The van der Waals surface area contributed by atoms with Gasteiger partial charge in [0.05, 0.1) is 11.7 Å². The summed E-state index contributed by atoms with van der Waals surface area (Å²) in [4.78, 5) is 19.8. The van der Waals surface area contributed by atoms with E-state index in [0.717, 1.165) is 33.3 Å². The molecule has 0 radical (unpaired) electrons. The maximum Gasteiger partial charge on any atom is 0.183 e. The van der Waals surface area contributed by atoms with Crippen molar-refractivity contribution in [3.8, 4) is 11.4 Å². The van der Waals surface area contributed by atoms with Crippen LogP contribution in [0.2, 0.25) is 0 Å². The van der Waals surface area contributed by atoms with E-state index in [0.29, 0.717) is 0 Å². The molecule has 0 fully saturated rings. The number of carbonyl (C=O) groups is 1. The van der Waals surface area contributed by atoms with Crippen LogP contribution in [0, 0.1) is 13.8 Å². The number of hydrogen-bond donors (Lipinski definition) is 2. The molecule has 0 unspecified atom stereocenters. The van der Waals surface area contributed by atoms with Crippen LogP contribution in [0.5, 0.6) is 0 Å². The molecule has 124 valence electrons. The Labute approximate surface area is 146 Å². The lowest BCUT2D eigenvalue weighted by Crippen LogP contribution is -2.05. The van der Waals surface area contributed by atoms with Crippen molar-refractivity contribution in [2.45, 2.75) is 33.7 Å². The lowest BCUT2D eigenvalue weighted by Gasteiger charge is -2.12. The van der Waals surface area contributed by atoms with Crippen LogP contribution >= 0.6 is 11.3 Å². The van der Waals surface area contributed by atoms with E-state index in [1.54, 1.807) is 18.3 Å². The number of carbonyl (C=O) groups excluding carboxylic acids is 1. The van der Waals surface area contributed by atoms with Crippen molar-refractivity contribution in [3.05, 3.63) is 58.1 Å². The van der Waals surface area contributed by atoms with Crippen molar-refractivity contribution in [1.29, 1.82) is 0 Å². The van der Waals surface area contributed by atoms with Crippen LogP contribution in [-0.4, -0.2) is 15.8 Å². The molecule has 0 spiro atoms. The highest BCUT2D eigenvalue weighted by Gasteiger charge is 2.18. The normalized spacial score (nSPS) is 12.2. The third kappa shape index (κ3) is 3.12. The minimum atomic E-state index is 0.0822. The molecule has 1 aromatic carbocycles. The summed E-state index contributed by atoms with van der Waals surface area (Å²) in [6.45, 7) is 7.61. The fourth-order valence-corrected chi connectivity index (χ4v) is 3.79. The van der Waals surface area contributed by atoms with Crippen LogP contribution in [0.15, 0.2) is 35.7 Å². The Morgan fingerprint density at radius 3 is 2.58 bits per heavy atom. The minimum absolute atomic E-state index is 0.0822. The molecule has 1 atom stereocenters. The number of H-pyrrole nitrogens is 1. The smallest absolute Gasteiger partial charge is 0.183 e. The molecule has 24 heavy (non-hydrogen) atoms. The molecule has 0 aliphatic rings. The molecule has 2 N–H and O–H groups in total. The summed E-state index contributed by atoms with van der Waals surface area (Å²) in [6.07, 6.45) is 0. The second-order valence-electron chi connectivity index (χ2n) is 6.00. The number of benzene rings is 1. The number of ketones is 1. The summed E-state index contributed by atoms with van der Waals surface area (Å²) in [5.74, 6) is 0.0822. The largest absolute Gasteiger partial charge is 0.356 e. The van der Waals surface area contributed by atoms with Gasteiger partial charge in [-0.05, 0) is 38.8 Å². The first-order chi connectivity index (χ1) is 11.5. The van der Waals surface area contributed by atoms with Crippen molar-refractivity contribution in [3.63, 3.8) is 0 Å². The average molecular weight is 339 g/mol. The second-order valence-corrected chi connectivity index (χ2v) is 6.85. The van der Waals surface area contributed by atoms with Crippen LogP contribution in [0.4, 0.5) is 5.13 Å². The molecule has 0 bridgehead atoms. The fourth-order valence-electron chi connectivity index (χ4n) is 3.00. The van der Waals surface area contributed by atoms with E-state index in [2.05, 4.69) is 34.3 Å². The molecule has 2 aromatic heterocycles. The van der Waals surface area contributed by atoms with Gasteiger partial charge in [-0.1, -0.05) is 30.3 Å². The van der Waals surface area contributed by atoms with E-state index in [1.165, 1.54) is 5.56 Å². The van der Waals surface area contributed by atoms with Gasteiger partial charge < -0.3 is 10.3 Å². The molecule has 3 rings (SSSR count). The topological polar surface area (TPSA) is 57.8 Å². The zero-order valence-electron chi connectivity index (χ0n) is 14.3. The summed E-state index contributed by atoms with van der Waals surface area (Å²) in [6, 6.07) is 10.5. The molecule has 0 amide bonds. The highest BCUT2D eigenvalue weighted by atomic mass is 32.1. The molecule has 3 aromatic rings. The predicted molar refractivity (Wildman–Crippen MR) is 99.9 cm³/mol. The molecular weight excluding hydrogens is 318 g/mol. The number of rotatable bonds is 5. The van der Waals surface area contributed by atoms with E-state index >= 15 is 0 Å². The Hall–Kier alpha value is -2.40. The second kappa shape index (κ2) is 6.61. The zero-order chi connectivity index (χ0) is 17.3. The van der Waals surface area contributed by atoms with Crippen LogP contribution < -0.4 is 5.32 Å². The number of Topliss-reactive ketones (excluding diaryl/α,β-unsaturated/α-hetero) is 1. The van der Waals surface area contributed by atoms with E-state index in [-0.39, 0.29) is 11.8 Å². The fraction of sp³-hybridized carbons (Fsp3) is 0.263. The van der Waals surface area contributed by atoms with Gasteiger partial charge in [-0.15, -0.1) is 11.3 Å². The quantitative estimate of drug-likeness (QED) is 0.634. The lowest BCUT2D eigenvalue weighted by molar-refractivity contribution is 0.101. The van der Waals surface area contributed by atoms with E-state index < -0.39 is 0 Å². The van der Waals surface area contributed by atoms with Gasteiger partial charge >= 0.3 is 0 Å². The molecular formula is C19H21N3OS. The standard InChI is InChI=1S/C19H21N3OS/c1-11-17(14(4)23)13(3)20-18(11)16-10-24-19(22-16)21-12(2)15-8-6-5-7-9-15/h5-10,12,20H,1-4H3,(H,21,22)/t12-/m1/s1. The Morgan fingerprint density at radius 2 is 1.96 bits per heavy atom. The van der Waals surface area contributed by atoms with Crippen LogP contribution in [0.1, 0.15) is 47.1 Å². The molecule has 2 heterocycles. The van der Waals surface area contributed by atoms with Crippen molar-refractivity contribution >= 4 is 22.3 Å². The molecule has 0 aliphatic carbocycles. The van der Waals surface area contributed by atoms with Gasteiger partial charge in [-0.3, -0.25) is 4.79 Å². The van der Waals surface area contributed by atoms with Crippen molar-refractivity contribution in [2.75, 3.05) is 5.32 Å². The first-order valence-corrected chi connectivity index (χ1v) is 8.82. The SMILES string of the molecule is CC(=O)c1c(C)[nH]c(-c2csc(N[C@H](C)c3ccccc3)n2)c1C. The minimum Gasteiger partial charge on any atom is -0.356 e. The highest BCUT2D eigenvalue weighted by Crippen LogP contribution is 2.31. The third-order valence-electron chi connectivity index (χ3n) is 4.19. The number of anilines is 1. The Kier molecular flexibility index (Phi) is 4.53. The lowest BCUT2D eigenvalue weighted by atomic mass is 10.1. The molecule has 0 saturated heterocycles.